The summed E-state index contributed by atoms with van der Waals surface area (Å²) in [7, 11) is 0. The number of benzene rings is 2. The smallest absolute Gasteiger partial charge is 0.231 e. The van der Waals surface area contributed by atoms with E-state index in [0.29, 0.717) is 46.8 Å². The van der Waals surface area contributed by atoms with Crippen molar-refractivity contribution < 1.29 is 23.7 Å². The van der Waals surface area contributed by atoms with Crippen LogP contribution in [0.5, 0.6) is 28.7 Å². The molecule has 1 aromatic heterocycles. The fraction of sp³-hybridized carbons (Fsp3) is 0.263. The Labute approximate surface area is 165 Å². The van der Waals surface area contributed by atoms with Crippen molar-refractivity contribution >= 4 is 12.2 Å². The fourth-order valence-corrected chi connectivity index (χ4v) is 3.45. The van der Waals surface area contributed by atoms with Crippen molar-refractivity contribution in [3.8, 4) is 34.4 Å². The van der Waals surface area contributed by atoms with Gasteiger partial charge in [0.05, 0.1) is 5.69 Å². The highest BCUT2D eigenvalue weighted by molar-refractivity contribution is 7.71. The van der Waals surface area contributed by atoms with E-state index in [1.165, 1.54) is 0 Å². The Morgan fingerprint density at radius 3 is 2.61 bits per heavy atom. The molecule has 0 aliphatic carbocycles. The normalized spacial score (nSPS) is 15.3. The summed E-state index contributed by atoms with van der Waals surface area (Å²) in [5.41, 5.74) is 0.819. The maximum atomic E-state index is 6.07. The van der Waals surface area contributed by atoms with Gasteiger partial charge in [-0.2, -0.15) is 5.10 Å². The summed E-state index contributed by atoms with van der Waals surface area (Å²) < 4.78 is 30.4. The zero-order chi connectivity index (χ0) is 19.1. The molecule has 28 heavy (non-hydrogen) atoms. The van der Waals surface area contributed by atoms with Gasteiger partial charge in [-0.3, -0.25) is 9.67 Å². The largest absolute Gasteiger partial charge is 0.486 e. The average Bonchev–Trinajstić information content (AvgIpc) is 3.33. The third-order valence-electron chi connectivity index (χ3n) is 4.50. The summed E-state index contributed by atoms with van der Waals surface area (Å²) in [6.45, 7) is 3.19. The molecule has 3 heterocycles. The van der Waals surface area contributed by atoms with Gasteiger partial charge in [0.1, 0.15) is 19.0 Å². The molecule has 9 heteroatoms. The van der Waals surface area contributed by atoms with Crippen LogP contribution in [0.2, 0.25) is 0 Å². The number of ether oxygens (including phenoxy) is 5. The molecular weight excluding hydrogens is 382 g/mol. The molecule has 0 saturated carbocycles. The van der Waals surface area contributed by atoms with E-state index >= 15 is 0 Å². The van der Waals surface area contributed by atoms with E-state index in [9.17, 15) is 0 Å². The molecule has 2 aliphatic heterocycles. The zero-order valence-electron chi connectivity index (χ0n) is 15.0. The number of aromatic nitrogens is 3. The van der Waals surface area contributed by atoms with Crippen LogP contribution in [-0.2, 0) is 0 Å². The molecule has 0 amide bonds. The molecule has 0 bridgehead atoms. The highest BCUT2D eigenvalue weighted by Gasteiger charge is 2.21. The number of hydrogen-bond donors (Lipinski definition) is 1. The van der Waals surface area contributed by atoms with Crippen LogP contribution in [-0.4, -0.2) is 34.8 Å². The van der Waals surface area contributed by atoms with E-state index in [1.807, 2.05) is 41.8 Å². The third-order valence-corrected chi connectivity index (χ3v) is 4.78. The molecule has 8 nitrogen and oxygen atoms in total. The van der Waals surface area contributed by atoms with E-state index in [0.717, 1.165) is 11.4 Å². The van der Waals surface area contributed by atoms with Gasteiger partial charge >= 0.3 is 0 Å². The fourth-order valence-electron chi connectivity index (χ4n) is 3.21. The van der Waals surface area contributed by atoms with Crippen LogP contribution in [0.3, 0.4) is 0 Å². The number of nitrogens with zero attached hydrogens (tertiary/aromatic N) is 2. The van der Waals surface area contributed by atoms with Crippen molar-refractivity contribution in [2.75, 3.05) is 20.0 Å². The number of H-pyrrole nitrogens is 1. The highest BCUT2D eigenvalue weighted by atomic mass is 32.1. The standard InChI is InChI=1S/C19H17N3O5S/c1-11(27-13-3-5-15-17(9-13)26-10-25-15)18-20-21-19(28)22(18)12-2-4-14-16(8-12)24-7-6-23-14/h2-5,8-9,11H,6-7,10H2,1H3,(H,21,28)/t11-/m0/s1. The minimum Gasteiger partial charge on any atom is -0.486 e. The molecule has 0 radical (unpaired) electrons. The van der Waals surface area contributed by atoms with Gasteiger partial charge in [0, 0.05) is 12.1 Å². The predicted octanol–water partition coefficient (Wildman–Crippen LogP) is 3.57. The summed E-state index contributed by atoms with van der Waals surface area (Å²) in [6, 6.07) is 11.1. The van der Waals surface area contributed by atoms with Crippen LogP contribution in [0.1, 0.15) is 18.9 Å². The Morgan fingerprint density at radius 1 is 1.00 bits per heavy atom. The Morgan fingerprint density at radius 2 is 1.71 bits per heavy atom. The van der Waals surface area contributed by atoms with Gasteiger partial charge in [0.2, 0.25) is 6.79 Å². The number of nitrogens with one attached hydrogen (secondary N) is 1. The second kappa shape index (κ2) is 6.75. The summed E-state index contributed by atoms with van der Waals surface area (Å²) in [5.74, 6) is 4.06. The minimum absolute atomic E-state index is 0.219. The molecule has 1 atom stereocenters. The summed E-state index contributed by atoms with van der Waals surface area (Å²) in [6.07, 6.45) is -0.374. The van der Waals surface area contributed by atoms with Gasteiger partial charge < -0.3 is 23.7 Å². The van der Waals surface area contributed by atoms with Crippen molar-refractivity contribution in [2.45, 2.75) is 13.0 Å². The lowest BCUT2D eigenvalue weighted by Crippen LogP contribution is -2.16. The van der Waals surface area contributed by atoms with Gasteiger partial charge in [0.15, 0.2) is 39.7 Å². The van der Waals surface area contributed by atoms with Crippen LogP contribution in [0.15, 0.2) is 36.4 Å². The number of rotatable bonds is 4. The predicted molar refractivity (Wildman–Crippen MR) is 101 cm³/mol. The van der Waals surface area contributed by atoms with Crippen LogP contribution in [0, 0.1) is 4.77 Å². The maximum Gasteiger partial charge on any atom is 0.231 e. The van der Waals surface area contributed by atoms with Crippen LogP contribution in [0.25, 0.3) is 5.69 Å². The van der Waals surface area contributed by atoms with E-state index in [1.54, 1.807) is 6.07 Å². The maximum absolute atomic E-state index is 6.07. The SMILES string of the molecule is C[C@H](Oc1ccc2c(c1)OCO2)c1n[nH]c(=S)n1-c1ccc2c(c1)OCCO2. The second-order valence-corrected chi connectivity index (χ2v) is 6.71. The van der Waals surface area contributed by atoms with Crippen molar-refractivity contribution in [2.24, 2.45) is 0 Å². The Hall–Kier alpha value is -3.20. The summed E-state index contributed by atoms with van der Waals surface area (Å²) in [5, 5.41) is 7.21. The van der Waals surface area contributed by atoms with E-state index in [2.05, 4.69) is 10.2 Å². The van der Waals surface area contributed by atoms with Crippen molar-refractivity contribution in [3.63, 3.8) is 0 Å². The van der Waals surface area contributed by atoms with Gasteiger partial charge in [-0.05, 0) is 43.4 Å². The Kier molecular flexibility index (Phi) is 4.09. The molecule has 0 fully saturated rings. The van der Waals surface area contributed by atoms with Crippen molar-refractivity contribution in [1.82, 2.24) is 14.8 Å². The van der Waals surface area contributed by atoms with E-state index in [-0.39, 0.29) is 12.9 Å². The topological polar surface area (TPSA) is 79.8 Å². The first kappa shape index (κ1) is 16.9. The Bertz CT molecular complexity index is 1090. The van der Waals surface area contributed by atoms with Crippen LogP contribution in [0.4, 0.5) is 0 Å². The molecule has 2 aliphatic rings. The third kappa shape index (κ3) is 2.93. The Balaban J connectivity index is 1.46. The lowest BCUT2D eigenvalue weighted by Gasteiger charge is -2.20. The molecule has 0 unspecified atom stereocenters. The van der Waals surface area contributed by atoms with Gasteiger partial charge in [-0.1, -0.05) is 0 Å². The number of fused-ring (bicyclic) bond motifs is 2. The van der Waals surface area contributed by atoms with Gasteiger partial charge in [-0.25, -0.2) is 0 Å². The lowest BCUT2D eigenvalue weighted by atomic mass is 10.2. The first-order valence-corrected chi connectivity index (χ1v) is 9.23. The first-order chi connectivity index (χ1) is 13.7. The number of aromatic amines is 1. The molecule has 144 valence electrons. The lowest BCUT2D eigenvalue weighted by molar-refractivity contribution is 0.171. The van der Waals surface area contributed by atoms with Crippen molar-refractivity contribution in [1.29, 1.82) is 0 Å². The number of hydrogen-bond acceptors (Lipinski definition) is 7. The van der Waals surface area contributed by atoms with E-state index < -0.39 is 0 Å². The summed E-state index contributed by atoms with van der Waals surface area (Å²) >= 11 is 5.44. The monoisotopic (exact) mass is 399 g/mol. The summed E-state index contributed by atoms with van der Waals surface area (Å²) in [4.78, 5) is 0. The molecule has 3 aromatic rings. The van der Waals surface area contributed by atoms with E-state index in [4.69, 9.17) is 35.9 Å². The molecular formula is C19H17N3O5S. The minimum atomic E-state index is -0.374. The highest BCUT2D eigenvalue weighted by Crippen LogP contribution is 2.37. The molecule has 5 rings (SSSR count). The van der Waals surface area contributed by atoms with Crippen LogP contribution < -0.4 is 23.7 Å². The molecule has 1 N–H and O–H groups in total. The van der Waals surface area contributed by atoms with Gasteiger partial charge in [0.25, 0.3) is 0 Å². The van der Waals surface area contributed by atoms with Gasteiger partial charge in [-0.15, -0.1) is 0 Å². The first-order valence-electron chi connectivity index (χ1n) is 8.83. The molecule has 2 aromatic carbocycles. The quantitative estimate of drug-likeness (QED) is 0.672. The molecule has 0 spiro atoms. The van der Waals surface area contributed by atoms with Crippen LogP contribution >= 0.6 is 12.2 Å². The zero-order valence-corrected chi connectivity index (χ0v) is 15.8. The second-order valence-electron chi connectivity index (χ2n) is 6.33. The van der Waals surface area contributed by atoms with Crippen molar-refractivity contribution in [3.05, 3.63) is 47.0 Å². The molecule has 0 saturated heterocycles. The average molecular weight is 399 g/mol.